The molecule has 0 fully saturated rings. The molecular weight excluding hydrogens is 132 g/mol. The molecule has 0 unspecified atom stereocenters. The van der Waals surface area contributed by atoms with Crippen molar-refractivity contribution in [2.75, 3.05) is 0 Å². The van der Waals surface area contributed by atoms with Gasteiger partial charge in [0, 0.05) is 0 Å². The fourth-order valence-corrected chi connectivity index (χ4v) is 0.617. The number of rotatable bonds is 2. The Labute approximate surface area is 57.8 Å². The van der Waals surface area contributed by atoms with Crippen molar-refractivity contribution in [1.82, 2.24) is 0 Å². The average Bonchev–Trinajstić information content (AvgIpc) is 2.34. The van der Waals surface area contributed by atoms with Gasteiger partial charge in [0.2, 0.25) is 0 Å². The SMILES string of the molecule is NCc1cc(C(N)=O)co1. The molecule has 4 N–H and O–H groups in total. The van der Waals surface area contributed by atoms with Crippen LogP contribution in [0.5, 0.6) is 0 Å². The molecule has 0 aliphatic rings. The summed E-state index contributed by atoms with van der Waals surface area (Å²) in [6.07, 6.45) is 1.30. The molecule has 0 aromatic carbocycles. The zero-order valence-corrected chi connectivity index (χ0v) is 5.33. The van der Waals surface area contributed by atoms with Crippen LogP contribution < -0.4 is 11.5 Å². The van der Waals surface area contributed by atoms with Gasteiger partial charge in [0.25, 0.3) is 5.91 Å². The largest absolute Gasteiger partial charge is 0.467 e. The Morgan fingerprint density at radius 2 is 2.40 bits per heavy atom. The van der Waals surface area contributed by atoms with Crippen molar-refractivity contribution in [3.63, 3.8) is 0 Å². The fourth-order valence-electron chi connectivity index (χ4n) is 0.617. The van der Waals surface area contributed by atoms with E-state index in [9.17, 15) is 4.79 Å². The Morgan fingerprint density at radius 1 is 1.70 bits per heavy atom. The maximum absolute atomic E-state index is 10.5. The summed E-state index contributed by atoms with van der Waals surface area (Å²) >= 11 is 0. The minimum atomic E-state index is -0.497. The molecule has 1 aromatic heterocycles. The summed E-state index contributed by atoms with van der Waals surface area (Å²) in [5.41, 5.74) is 10.5. The van der Waals surface area contributed by atoms with Crippen LogP contribution in [0.2, 0.25) is 0 Å². The number of hydrogen-bond donors (Lipinski definition) is 2. The fraction of sp³-hybridized carbons (Fsp3) is 0.167. The molecule has 0 saturated carbocycles. The van der Waals surface area contributed by atoms with E-state index >= 15 is 0 Å². The molecule has 0 spiro atoms. The normalized spacial score (nSPS) is 9.70. The highest BCUT2D eigenvalue weighted by molar-refractivity contribution is 5.92. The molecule has 1 amide bonds. The minimum Gasteiger partial charge on any atom is -0.467 e. The maximum atomic E-state index is 10.5. The van der Waals surface area contributed by atoms with Gasteiger partial charge in [0.05, 0.1) is 12.1 Å². The van der Waals surface area contributed by atoms with Gasteiger partial charge >= 0.3 is 0 Å². The molecule has 54 valence electrons. The van der Waals surface area contributed by atoms with Crippen LogP contribution in [-0.2, 0) is 6.54 Å². The summed E-state index contributed by atoms with van der Waals surface area (Å²) in [6, 6.07) is 1.53. The lowest BCUT2D eigenvalue weighted by Gasteiger charge is -1.82. The van der Waals surface area contributed by atoms with Gasteiger partial charge in [-0.25, -0.2) is 0 Å². The number of primary amides is 1. The second-order valence-corrected chi connectivity index (χ2v) is 1.87. The molecule has 4 nitrogen and oxygen atoms in total. The monoisotopic (exact) mass is 140 g/mol. The maximum Gasteiger partial charge on any atom is 0.251 e. The number of carbonyl (C=O) groups excluding carboxylic acids is 1. The lowest BCUT2D eigenvalue weighted by molar-refractivity contribution is 0.0999. The zero-order chi connectivity index (χ0) is 7.56. The first-order valence-corrected chi connectivity index (χ1v) is 2.81. The van der Waals surface area contributed by atoms with Crippen LogP contribution in [0, 0.1) is 0 Å². The van der Waals surface area contributed by atoms with Gasteiger partial charge in [-0.2, -0.15) is 0 Å². The summed E-state index contributed by atoms with van der Waals surface area (Å²) in [6.45, 7) is 0.285. The molecule has 4 heteroatoms. The predicted molar refractivity (Wildman–Crippen MR) is 35.1 cm³/mol. The van der Waals surface area contributed by atoms with Gasteiger partial charge < -0.3 is 15.9 Å². The molecule has 0 atom stereocenters. The van der Waals surface area contributed by atoms with Crippen molar-refractivity contribution in [2.45, 2.75) is 6.54 Å². The van der Waals surface area contributed by atoms with Crippen LogP contribution in [0.1, 0.15) is 16.1 Å². The summed E-state index contributed by atoms with van der Waals surface area (Å²) in [5, 5.41) is 0. The van der Waals surface area contributed by atoms with Crippen molar-refractivity contribution >= 4 is 5.91 Å². The molecule has 0 radical (unpaired) electrons. The molecule has 0 bridgehead atoms. The first kappa shape index (κ1) is 6.82. The van der Waals surface area contributed by atoms with E-state index in [1.54, 1.807) is 0 Å². The number of carbonyl (C=O) groups is 1. The summed E-state index contributed by atoms with van der Waals surface area (Å²) in [7, 11) is 0. The molecular formula is C6H8N2O2. The molecule has 0 saturated heterocycles. The molecule has 1 aromatic rings. The van der Waals surface area contributed by atoms with Crippen molar-refractivity contribution < 1.29 is 9.21 Å². The standard InChI is InChI=1S/C6H8N2O2/c7-2-5-1-4(3-10-5)6(8)9/h1,3H,2,7H2,(H2,8,9). The zero-order valence-electron chi connectivity index (χ0n) is 5.33. The quantitative estimate of drug-likeness (QED) is 0.598. The molecule has 0 aliphatic carbocycles. The minimum absolute atomic E-state index is 0.285. The Kier molecular flexibility index (Phi) is 1.73. The lowest BCUT2D eigenvalue weighted by Crippen LogP contribution is -2.09. The van der Waals surface area contributed by atoms with E-state index in [1.807, 2.05) is 0 Å². The highest BCUT2D eigenvalue weighted by Crippen LogP contribution is 2.05. The second kappa shape index (κ2) is 2.53. The van der Waals surface area contributed by atoms with Crippen LogP contribution in [0.4, 0.5) is 0 Å². The third-order valence-electron chi connectivity index (χ3n) is 1.14. The van der Waals surface area contributed by atoms with Crippen LogP contribution >= 0.6 is 0 Å². The van der Waals surface area contributed by atoms with Crippen molar-refractivity contribution in [2.24, 2.45) is 11.5 Å². The van der Waals surface area contributed by atoms with Crippen molar-refractivity contribution in [3.05, 3.63) is 23.7 Å². The summed E-state index contributed by atoms with van der Waals surface area (Å²) in [5.74, 6) is 0.0669. The van der Waals surface area contributed by atoms with Crippen LogP contribution in [0.15, 0.2) is 16.7 Å². The van der Waals surface area contributed by atoms with E-state index < -0.39 is 5.91 Å². The molecule has 1 rings (SSSR count). The van der Waals surface area contributed by atoms with Crippen LogP contribution in [0.3, 0.4) is 0 Å². The van der Waals surface area contributed by atoms with E-state index in [-0.39, 0.29) is 6.54 Å². The van der Waals surface area contributed by atoms with E-state index in [0.29, 0.717) is 11.3 Å². The number of hydrogen-bond acceptors (Lipinski definition) is 3. The van der Waals surface area contributed by atoms with Crippen molar-refractivity contribution in [1.29, 1.82) is 0 Å². The molecule has 1 heterocycles. The summed E-state index contributed by atoms with van der Waals surface area (Å²) in [4.78, 5) is 10.5. The Bertz CT molecular complexity index is 242. The first-order valence-electron chi connectivity index (χ1n) is 2.81. The third kappa shape index (κ3) is 1.16. The molecule has 10 heavy (non-hydrogen) atoms. The van der Waals surface area contributed by atoms with E-state index in [2.05, 4.69) is 0 Å². The number of furan rings is 1. The van der Waals surface area contributed by atoms with Gasteiger partial charge in [-0.05, 0) is 6.07 Å². The van der Waals surface area contributed by atoms with Crippen LogP contribution in [-0.4, -0.2) is 5.91 Å². The van der Waals surface area contributed by atoms with Gasteiger partial charge in [0.1, 0.15) is 12.0 Å². The predicted octanol–water partition coefficient (Wildman–Crippen LogP) is -0.163. The first-order chi connectivity index (χ1) is 4.74. The van der Waals surface area contributed by atoms with E-state index in [1.165, 1.54) is 12.3 Å². The average molecular weight is 140 g/mol. The Morgan fingerprint density at radius 3 is 2.70 bits per heavy atom. The topological polar surface area (TPSA) is 82.2 Å². The Hall–Kier alpha value is -1.29. The Balaban J connectivity index is 2.88. The second-order valence-electron chi connectivity index (χ2n) is 1.87. The van der Waals surface area contributed by atoms with Gasteiger partial charge in [0.15, 0.2) is 0 Å². The van der Waals surface area contributed by atoms with Gasteiger partial charge in [-0.15, -0.1) is 0 Å². The van der Waals surface area contributed by atoms with Gasteiger partial charge in [-0.1, -0.05) is 0 Å². The smallest absolute Gasteiger partial charge is 0.251 e. The number of nitrogens with two attached hydrogens (primary N) is 2. The number of amides is 1. The third-order valence-corrected chi connectivity index (χ3v) is 1.14. The van der Waals surface area contributed by atoms with E-state index in [0.717, 1.165) is 0 Å². The van der Waals surface area contributed by atoms with Crippen LogP contribution in [0.25, 0.3) is 0 Å². The van der Waals surface area contributed by atoms with Crippen molar-refractivity contribution in [3.8, 4) is 0 Å². The molecule has 0 aliphatic heterocycles. The highest BCUT2D eigenvalue weighted by Gasteiger charge is 2.03. The highest BCUT2D eigenvalue weighted by atomic mass is 16.3. The summed E-state index contributed by atoms with van der Waals surface area (Å²) < 4.78 is 4.85. The van der Waals surface area contributed by atoms with Gasteiger partial charge in [-0.3, -0.25) is 4.79 Å². The lowest BCUT2D eigenvalue weighted by atomic mass is 10.3. The van der Waals surface area contributed by atoms with E-state index in [4.69, 9.17) is 15.9 Å².